The minimum absolute atomic E-state index is 0.202. The van der Waals surface area contributed by atoms with E-state index in [0.29, 0.717) is 5.75 Å². The molecule has 2 aromatic rings. The van der Waals surface area contributed by atoms with Crippen LogP contribution in [-0.4, -0.2) is 39.8 Å². The third kappa shape index (κ3) is 3.78. The topological polar surface area (TPSA) is 46.1 Å². The van der Waals surface area contributed by atoms with Crippen molar-refractivity contribution in [1.29, 1.82) is 0 Å². The Morgan fingerprint density at radius 2 is 1.75 bits per heavy atom. The number of aromatic nitrogens is 2. The minimum atomic E-state index is 0.202. The number of benzene rings is 1. The molecule has 0 unspecified atom stereocenters. The van der Waals surface area contributed by atoms with Crippen molar-refractivity contribution < 1.29 is 4.79 Å². The van der Waals surface area contributed by atoms with Crippen LogP contribution in [0.5, 0.6) is 0 Å². The highest BCUT2D eigenvalue weighted by molar-refractivity contribution is 7.99. The lowest BCUT2D eigenvalue weighted by molar-refractivity contribution is -0.127. The van der Waals surface area contributed by atoms with Crippen LogP contribution in [-0.2, 0) is 4.79 Å². The summed E-state index contributed by atoms with van der Waals surface area (Å²) in [4.78, 5) is 14.0. The van der Waals surface area contributed by atoms with Gasteiger partial charge in [0, 0.05) is 18.7 Å². The third-order valence-corrected chi connectivity index (χ3v) is 5.46. The number of hydrogen-bond donors (Lipinski definition) is 0. The average Bonchev–Trinajstić information content (AvgIpc) is 3.11. The van der Waals surface area contributed by atoms with E-state index in [1.807, 2.05) is 17.0 Å². The Morgan fingerprint density at radius 1 is 1.04 bits per heavy atom. The molecule has 0 saturated carbocycles. The van der Waals surface area contributed by atoms with Gasteiger partial charge in [-0.3, -0.25) is 4.79 Å². The third-order valence-electron chi connectivity index (χ3n) is 4.56. The molecule has 1 aromatic carbocycles. The molecule has 1 saturated heterocycles. The fourth-order valence-corrected chi connectivity index (χ4v) is 3.69. The Hall–Kier alpha value is -1.88. The summed E-state index contributed by atoms with van der Waals surface area (Å²) in [6.07, 6.45) is 2.25. The summed E-state index contributed by atoms with van der Waals surface area (Å²) >= 11 is 1.46. The van der Waals surface area contributed by atoms with Gasteiger partial charge in [0.15, 0.2) is 0 Å². The van der Waals surface area contributed by atoms with Crippen molar-refractivity contribution in [3.63, 3.8) is 0 Å². The van der Waals surface area contributed by atoms with Crippen LogP contribution in [0.1, 0.15) is 29.5 Å². The van der Waals surface area contributed by atoms with Crippen LogP contribution in [0.3, 0.4) is 0 Å². The Labute approximate surface area is 147 Å². The molecule has 5 heteroatoms. The van der Waals surface area contributed by atoms with Crippen molar-refractivity contribution in [2.75, 3.05) is 18.8 Å². The number of amides is 1. The van der Waals surface area contributed by atoms with Crippen LogP contribution >= 0.6 is 11.8 Å². The number of likely N-dealkylation sites (tertiary alicyclic amines) is 1. The lowest BCUT2D eigenvalue weighted by Gasteiger charge is -2.14. The number of rotatable bonds is 4. The molecule has 2 heterocycles. The number of aryl methyl sites for hydroxylation is 3. The molecule has 126 valence electrons. The van der Waals surface area contributed by atoms with Gasteiger partial charge < -0.3 is 4.90 Å². The van der Waals surface area contributed by atoms with E-state index in [2.05, 4.69) is 43.1 Å². The summed E-state index contributed by atoms with van der Waals surface area (Å²) in [6.45, 7) is 8.13. The Bertz CT molecular complexity index is 737. The van der Waals surface area contributed by atoms with Gasteiger partial charge in [0.1, 0.15) is 5.03 Å². The first kappa shape index (κ1) is 17.0. The Morgan fingerprint density at radius 3 is 2.42 bits per heavy atom. The largest absolute Gasteiger partial charge is 0.342 e. The van der Waals surface area contributed by atoms with Gasteiger partial charge in [-0.1, -0.05) is 17.8 Å². The zero-order valence-electron chi connectivity index (χ0n) is 14.5. The smallest absolute Gasteiger partial charge is 0.232 e. The summed E-state index contributed by atoms with van der Waals surface area (Å²) in [7, 11) is 0. The molecule has 1 fully saturated rings. The first-order valence-corrected chi connectivity index (χ1v) is 9.35. The summed E-state index contributed by atoms with van der Waals surface area (Å²) < 4.78 is 0. The van der Waals surface area contributed by atoms with Gasteiger partial charge in [-0.2, -0.15) is 0 Å². The van der Waals surface area contributed by atoms with E-state index < -0.39 is 0 Å². The molecule has 1 amide bonds. The maximum Gasteiger partial charge on any atom is 0.232 e. The second-order valence-electron chi connectivity index (χ2n) is 6.38. The normalized spacial score (nSPS) is 14.2. The van der Waals surface area contributed by atoms with Gasteiger partial charge in [-0.05, 0) is 68.5 Å². The van der Waals surface area contributed by atoms with Crippen LogP contribution in [0.4, 0.5) is 0 Å². The maximum absolute atomic E-state index is 12.1. The Balaban J connectivity index is 1.67. The SMILES string of the molecule is Cc1cc(C)c(-c2ccc(SCC(=O)N3CCCC3)nn2)cc1C. The maximum atomic E-state index is 12.1. The van der Waals surface area contributed by atoms with Gasteiger partial charge in [0.05, 0.1) is 11.4 Å². The van der Waals surface area contributed by atoms with E-state index in [0.717, 1.165) is 42.2 Å². The second-order valence-corrected chi connectivity index (χ2v) is 7.38. The molecule has 3 rings (SSSR count). The Kier molecular flexibility index (Phi) is 5.19. The second kappa shape index (κ2) is 7.34. The van der Waals surface area contributed by atoms with Gasteiger partial charge in [-0.25, -0.2) is 0 Å². The molecule has 0 aliphatic carbocycles. The van der Waals surface area contributed by atoms with Crippen molar-refractivity contribution in [2.45, 2.75) is 38.6 Å². The fourth-order valence-electron chi connectivity index (χ4n) is 2.97. The number of hydrogen-bond acceptors (Lipinski definition) is 4. The van der Waals surface area contributed by atoms with Crippen LogP contribution in [0.15, 0.2) is 29.3 Å². The number of thioether (sulfide) groups is 1. The van der Waals surface area contributed by atoms with Crippen molar-refractivity contribution >= 4 is 17.7 Å². The van der Waals surface area contributed by atoms with E-state index >= 15 is 0 Å². The van der Waals surface area contributed by atoms with Crippen LogP contribution in [0.25, 0.3) is 11.3 Å². The number of carbonyl (C=O) groups is 1. The lowest BCUT2D eigenvalue weighted by atomic mass is 9.99. The van der Waals surface area contributed by atoms with E-state index in [4.69, 9.17) is 0 Å². The first-order valence-electron chi connectivity index (χ1n) is 8.37. The first-order chi connectivity index (χ1) is 11.5. The highest BCUT2D eigenvalue weighted by Crippen LogP contribution is 2.26. The summed E-state index contributed by atoms with van der Waals surface area (Å²) in [5, 5.41) is 9.45. The molecule has 0 N–H and O–H groups in total. The molecule has 1 aliphatic rings. The summed E-state index contributed by atoms with van der Waals surface area (Å²) in [5.41, 5.74) is 5.75. The minimum Gasteiger partial charge on any atom is -0.342 e. The standard InChI is InChI=1S/C19H23N3OS/c1-13-10-15(3)16(11-14(13)2)17-6-7-18(21-20-17)24-12-19(23)22-8-4-5-9-22/h6-7,10-11H,4-5,8-9,12H2,1-3H3. The zero-order chi connectivity index (χ0) is 17.1. The van der Waals surface area contributed by atoms with Crippen molar-refractivity contribution in [3.05, 3.63) is 41.0 Å². The van der Waals surface area contributed by atoms with E-state index in [1.54, 1.807) is 0 Å². The van der Waals surface area contributed by atoms with Gasteiger partial charge in [-0.15, -0.1) is 10.2 Å². The van der Waals surface area contributed by atoms with Gasteiger partial charge >= 0.3 is 0 Å². The predicted octanol–water partition coefficient (Wildman–Crippen LogP) is 3.78. The molecule has 1 aliphatic heterocycles. The molecule has 1 aromatic heterocycles. The summed E-state index contributed by atoms with van der Waals surface area (Å²) in [5.74, 6) is 0.643. The van der Waals surface area contributed by atoms with Gasteiger partial charge in [0.25, 0.3) is 0 Å². The van der Waals surface area contributed by atoms with E-state index in [-0.39, 0.29) is 5.91 Å². The van der Waals surface area contributed by atoms with Crippen LogP contribution < -0.4 is 0 Å². The number of nitrogens with zero attached hydrogens (tertiary/aromatic N) is 3. The highest BCUT2D eigenvalue weighted by Gasteiger charge is 2.18. The quantitative estimate of drug-likeness (QED) is 0.794. The molecule has 0 bridgehead atoms. The number of carbonyl (C=O) groups excluding carboxylic acids is 1. The molecular weight excluding hydrogens is 318 g/mol. The molecule has 0 spiro atoms. The lowest BCUT2D eigenvalue weighted by Crippen LogP contribution is -2.29. The van der Waals surface area contributed by atoms with Gasteiger partial charge in [0.2, 0.25) is 5.91 Å². The van der Waals surface area contributed by atoms with E-state index in [9.17, 15) is 4.79 Å². The van der Waals surface area contributed by atoms with Crippen molar-refractivity contribution in [2.24, 2.45) is 0 Å². The van der Waals surface area contributed by atoms with Crippen LogP contribution in [0.2, 0.25) is 0 Å². The van der Waals surface area contributed by atoms with Crippen molar-refractivity contribution in [1.82, 2.24) is 15.1 Å². The highest BCUT2D eigenvalue weighted by atomic mass is 32.2. The average molecular weight is 341 g/mol. The van der Waals surface area contributed by atoms with Crippen molar-refractivity contribution in [3.8, 4) is 11.3 Å². The molecule has 24 heavy (non-hydrogen) atoms. The fraction of sp³-hybridized carbons (Fsp3) is 0.421. The molecule has 4 nitrogen and oxygen atoms in total. The monoisotopic (exact) mass is 341 g/mol. The van der Waals surface area contributed by atoms with E-state index in [1.165, 1.54) is 28.5 Å². The molecule has 0 radical (unpaired) electrons. The van der Waals surface area contributed by atoms with Crippen LogP contribution in [0, 0.1) is 20.8 Å². The summed E-state index contributed by atoms with van der Waals surface area (Å²) in [6, 6.07) is 8.30. The zero-order valence-corrected chi connectivity index (χ0v) is 15.3. The predicted molar refractivity (Wildman–Crippen MR) is 98.2 cm³/mol. The molecule has 0 atom stereocenters. The molecular formula is C19H23N3OS.